The molecule has 0 fully saturated rings. The second-order valence-corrected chi connectivity index (χ2v) is 7.36. The summed E-state index contributed by atoms with van der Waals surface area (Å²) in [5, 5.41) is 12.3. The van der Waals surface area contributed by atoms with Gasteiger partial charge in [0.25, 0.3) is 0 Å². The first kappa shape index (κ1) is 23.8. The summed E-state index contributed by atoms with van der Waals surface area (Å²) in [6.07, 6.45) is 0.141. The number of nitrogens with zero attached hydrogens (tertiary/aromatic N) is 2. The van der Waals surface area contributed by atoms with Crippen molar-refractivity contribution in [3.05, 3.63) is 95.1 Å². The fraction of sp³-hybridized carbons (Fsp3) is 0.0833. The molecule has 4 aromatic rings. The van der Waals surface area contributed by atoms with E-state index in [2.05, 4.69) is 8.75 Å². The predicted molar refractivity (Wildman–Crippen MR) is 117 cm³/mol. The molecule has 0 N–H and O–H groups in total. The number of allylic oxidation sites excluding steroid dienone is 1. The summed E-state index contributed by atoms with van der Waals surface area (Å²) < 4.78 is 13.5. The topological polar surface area (TPSA) is 92.2 Å². The second-order valence-electron chi connectivity index (χ2n) is 6.83. The van der Waals surface area contributed by atoms with Crippen LogP contribution in [0.25, 0.3) is 16.6 Å². The Morgan fingerprint density at radius 3 is 2.22 bits per heavy atom. The number of hydrogen-bond donors (Lipinski definition) is 0. The van der Waals surface area contributed by atoms with E-state index in [-0.39, 0.29) is 52.9 Å². The van der Waals surface area contributed by atoms with Crippen molar-refractivity contribution in [3.63, 3.8) is 0 Å². The Labute approximate surface area is 211 Å². The van der Waals surface area contributed by atoms with Gasteiger partial charge in [-0.2, -0.15) is 8.75 Å². The third-order valence-electron chi connectivity index (χ3n) is 4.90. The molecule has 154 valence electrons. The van der Waals surface area contributed by atoms with Crippen molar-refractivity contribution in [2.45, 2.75) is 6.42 Å². The van der Waals surface area contributed by atoms with Crippen LogP contribution < -0.4 is 39.4 Å². The Balaban J connectivity index is 0.00000289. The van der Waals surface area contributed by atoms with Gasteiger partial charge in [-0.15, -0.1) is 0 Å². The number of benzene rings is 3. The number of carbonyl (C=O) groups is 2. The number of aliphatic carboxylic acids is 1. The van der Waals surface area contributed by atoms with Crippen molar-refractivity contribution in [2.75, 3.05) is 7.11 Å². The van der Waals surface area contributed by atoms with Crippen LogP contribution in [0.15, 0.2) is 78.4 Å². The standard InChI is InChI=1S/C24H18N2O4S.Na/c1-30-18-10-7-16(8-11-18)23(27)19(13-15-5-3-2-4-6-15)22(24(28)29)17-9-12-20-21(14-17)26-31-25-20;/h2-12,14H,13H2,1H3,(H,28,29);/q;+1/p-1/b22-19-;. The Morgan fingerprint density at radius 1 is 0.906 bits per heavy atom. The Kier molecular flexibility index (Phi) is 7.93. The van der Waals surface area contributed by atoms with Crippen LogP contribution in [-0.4, -0.2) is 27.6 Å². The summed E-state index contributed by atoms with van der Waals surface area (Å²) >= 11 is 1.04. The second kappa shape index (κ2) is 10.7. The maximum atomic E-state index is 13.5. The SMILES string of the molecule is COc1ccc(C(=O)/C(Cc2ccccc2)=C(\C(=O)[O-])c2ccc3nsnc3c2)cc1.[Na+]. The van der Waals surface area contributed by atoms with Crippen LogP contribution in [0.1, 0.15) is 21.5 Å². The van der Waals surface area contributed by atoms with Gasteiger partial charge in [0.2, 0.25) is 0 Å². The molecule has 0 saturated heterocycles. The van der Waals surface area contributed by atoms with Crippen molar-refractivity contribution in [2.24, 2.45) is 0 Å². The Bertz CT molecular complexity index is 1280. The average molecular weight is 452 g/mol. The zero-order chi connectivity index (χ0) is 21.8. The molecule has 0 saturated carbocycles. The van der Waals surface area contributed by atoms with Crippen LogP contribution in [-0.2, 0) is 11.2 Å². The first-order chi connectivity index (χ1) is 15.1. The first-order valence-electron chi connectivity index (χ1n) is 9.46. The molecule has 0 aliphatic rings. The molecule has 0 spiro atoms. The number of aromatic nitrogens is 2. The maximum Gasteiger partial charge on any atom is 1.00 e. The van der Waals surface area contributed by atoms with E-state index < -0.39 is 5.97 Å². The summed E-state index contributed by atoms with van der Waals surface area (Å²) in [7, 11) is 1.54. The van der Waals surface area contributed by atoms with E-state index in [1.165, 1.54) is 7.11 Å². The van der Waals surface area contributed by atoms with Crippen LogP contribution in [0, 0.1) is 0 Å². The third-order valence-corrected chi connectivity index (χ3v) is 5.46. The van der Waals surface area contributed by atoms with E-state index in [9.17, 15) is 14.7 Å². The molecule has 1 heterocycles. The summed E-state index contributed by atoms with van der Waals surface area (Å²) in [5.41, 5.74) is 2.75. The summed E-state index contributed by atoms with van der Waals surface area (Å²) in [6.45, 7) is 0. The Hall–Kier alpha value is -2.84. The zero-order valence-corrected chi connectivity index (χ0v) is 20.4. The summed E-state index contributed by atoms with van der Waals surface area (Å²) in [4.78, 5) is 25.7. The van der Waals surface area contributed by atoms with Crippen LogP contribution in [0.4, 0.5) is 0 Å². The smallest absolute Gasteiger partial charge is 0.545 e. The number of ketones is 1. The molecule has 0 bridgehead atoms. The quantitative estimate of drug-likeness (QED) is 0.228. The van der Waals surface area contributed by atoms with Crippen molar-refractivity contribution in [1.29, 1.82) is 0 Å². The molecule has 0 atom stereocenters. The van der Waals surface area contributed by atoms with Gasteiger partial charge in [0.15, 0.2) is 5.78 Å². The number of ether oxygens (including phenoxy) is 1. The van der Waals surface area contributed by atoms with Gasteiger partial charge < -0.3 is 14.6 Å². The van der Waals surface area contributed by atoms with E-state index in [0.29, 0.717) is 27.9 Å². The molecule has 0 radical (unpaired) electrons. The molecule has 1 aromatic heterocycles. The van der Waals surface area contributed by atoms with E-state index in [1.54, 1.807) is 42.5 Å². The van der Waals surface area contributed by atoms with Gasteiger partial charge in [-0.05, 0) is 47.5 Å². The van der Waals surface area contributed by atoms with Gasteiger partial charge in [0, 0.05) is 23.1 Å². The molecule has 3 aromatic carbocycles. The number of carboxylic acid groups (broad SMARTS) is 1. The van der Waals surface area contributed by atoms with Crippen LogP contribution in [0.5, 0.6) is 5.75 Å². The molecule has 8 heteroatoms. The molecule has 4 rings (SSSR count). The number of Topliss-reactive ketones (excluding diaryl/α,β-unsaturated/α-hetero) is 1. The van der Waals surface area contributed by atoms with E-state index in [4.69, 9.17) is 4.74 Å². The zero-order valence-electron chi connectivity index (χ0n) is 17.6. The largest absolute Gasteiger partial charge is 1.00 e. The van der Waals surface area contributed by atoms with Gasteiger partial charge in [-0.25, -0.2) is 0 Å². The molecule has 0 aliphatic carbocycles. The normalized spacial score (nSPS) is 11.4. The van der Waals surface area contributed by atoms with E-state index in [0.717, 1.165) is 17.3 Å². The summed E-state index contributed by atoms with van der Waals surface area (Å²) in [5.74, 6) is -1.20. The van der Waals surface area contributed by atoms with E-state index in [1.807, 2.05) is 30.3 Å². The predicted octanol–water partition coefficient (Wildman–Crippen LogP) is 0.333. The van der Waals surface area contributed by atoms with Gasteiger partial charge in [0.05, 0.1) is 24.8 Å². The number of fused-ring (bicyclic) bond motifs is 1. The van der Waals surface area contributed by atoms with Crippen molar-refractivity contribution in [3.8, 4) is 5.75 Å². The number of carboxylic acids is 1. The number of hydrogen-bond acceptors (Lipinski definition) is 7. The van der Waals surface area contributed by atoms with Gasteiger partial charge >= 0.3 is 29.6 Å². The number of methoxy groups -OCH3 is 1. The first-order valence-corrected chi connectivity index (χ1v) is 10.2. The minimum absolute atomic E-state index is 0. The fourth-order valence-corrected chi connectivity index (χ4v) is 3.87. The monoisotopic (exact) mass is 452 g/mol. The fourth-order valence-electron chi connectivity index (χ4n) is 3.35. The van der Waals surface area contributed by atoms with Gasteiger partial charge in [-0.3, -0.25) is 4.79 Å². The minimum Gasteiger partial charge on any atom is -0.545 e. The molecule has 0 amide bonds. The molecular formula is C24H17N2NaO4S. The van der Waals surface area contributed by atoms with E-state index >= 15 is 0 Å². The number of rotatable bonds is 7. The average Bonchev–Trinajstić information content (AvgIpc) is 3.27. The Morgan fingerprint density at radius 2 is 1.56 bits per heavy atom. The molecule has 0 aliphatic heterocycles. The molecule has 0 unspecified atom stereocenters. The van der Waals surface area contributed by atoms with Crippen LogP contribution in [0.2, 0.25) is 0 Å². The van der Waals surface area contributed by atoms with Gasteiger partial charge in [0.1, 0.15) is 16.8 Å². The van der Waals surface area contributed by atoms with Crippen molar-refractivity contribution < 1.29 is 49.0 Å². The molecule has 32 heavy (non-hydrogen) atoms. The molecular weight excluding hydrogens is 435 g/mol. The third kappa shape index (κ3) is 5.14. The van der Waals surface area contributed by atoms with Crippen molar-refractivity contribution in [1.82, 2.24) is 8.75 Å². The minimum atomic E-state index is -1.42. The maximum absolute atomic E-state index is 13.5. The van der Waals surface area contributed by atoms with Crippen LogP contribution in [0.3, 0.4) is 0 Å². The molecule has 6 nitrogen and oxygen atoms in total. The van der Waals surface area contributed by atoms with Gasteiger partial charge in [-0.1, -0.05) is 36.4 Å². The van der Waals surface area contributed by atoms with Crippen molar-refractivity contribution >= 4 is 40.1 Å². The number of carbonyl (C=O) groups excluding carboxylic acids is 2. The summed E-state index contributed by atoms with van der Waals surface area (Å²) in [6, 6.07) is 20.8. The van der Waals surface area contributed by atoms with Crippen LogP contribution >= 0.6 is 11.7 Å².